The second kappa shape index (κ2) is 12.3. The first-order valence-corrected chi connectivity index (χ1v) is 12.7. The Hall–Kier alpha value is -2.17. The number of benzene rings is 2. The van der Waals surface area contributed by atoms with Gasteiger partial charge in [0.1, 0.15) is 16.7 Å². The summed E-state index contributed by atoms with van der Waals surface area (Å²) < 4.78 is 39.4. The number of hydrogen-bond acceptors (Lipinski definition) is 6. The van der Waals surface area contributed by atoms with Crippen LogP contribution in [0.15, 0.2) is 53.4 Å². The van der Waals surface area contributed by atoms with Crippen LogP contribution >= 0.6 is 11.6 Å². The van der Waals surface area contributed by atoms with Gasteiger partial charge in [0, 0.05) is 24.7 Å². The molecule has 1 amide bonds. The Kier molecular flexibility index (Phi) is 9.52. The van der Waals surface area contributed by atoms with Gasteiger partial charge in [0.2, 0.25) is 15.9 Å². The molecule has 180 valence electrons. The molecule has 0 aromatic heterocycles. The molecule has 0 saturated carbocycles. The smallest absolute Gasteiger partial charge is 0.245 e. The molecule has 10 heteroatoms. The number of sulfonamides is 1. The molecule has 1 heterocycles. The van der Waals surface area contributed by atoms with Gasteiger partial charge >= 0.3 is 0 Å². The predicted molar refractivity (Wildman–Crippen MR) is 127 cm³/mol. The summed E-state index contributed by atoms with van der Waals surface area (Å²) in [5, 5.41) is 3.13. The topological polar surface area (TPSA) is 97.0 Å². The summed E-state index contributed by atoms with van der Waals surface area (Å²) in [4.78, 5) is 15.2. The molecular weight excluding hydrogens is 466 g/mol. The van der Waals surface area contributed by atoms with E-state index in [9.17, 15) is 13.2 Å². The van der Waals surface area contributed by atoms with Gasteiger partial charge in [-0.25, -0.2) is 8.42 Å². The minimum absolute atomic E-state index is 0.115. The van der Waals surface area contributed by atoms with Crippen LogP contribution < -0.4 is 14.8 Å². The van der Waals surface area contributed by atoms with Gasteiger partial charge in [-0.15, -0.1) is 0 Å². The minimum Gasteiger partial charge on any atom is -0.495 e. The third-order valence-electron chi connectivity index (χ3n) is 5.37. The van der Waals surface area contributed by atoms with E-state index in [0.717, 1.165) is 44.8 Å². The summed E-state index contributed by atoms with van der Waals surface area (Å²) in [5.41, 5.74) is 0.840. The van der Waals surface area contributed by atoms with E-state index in [1.54, 1.807) is 6.07 Å². The standard InChI is InChI=1S/C23H30ClN3O5S/c1-31-21-9-8-19(24)17-22(21)33(29,30)26-20(16-18-6-3-2-4-7-18)23(28)25-10-5-11-27-12-14-32-15-13-27/h2-4,6-9,17,20,26H,5,10-16H2,1H3,(H,25,28)/t20-/m1/s1. The van der Waals surface area contributed by atoms with Crippen LogP contribution in [0.3, 0.4) is 0 Å². The monoisotopic (exact) mass is 495 g/mol. The fraction of sp³-hybridized carbons (Fsp3) is 0.435. The SMILES string of the molecule is COc1ccc(Cl)cc1S(=O)(=O)N[C@H](Cc1ccccc1)C(=O)NCCCN1CCOCC1. The Morgan fingerprint density at radius 2 is 1.91 bits per heavy atom. The van der Waals surface area contributed by atoms with E-state index in [1.165, 1.54) is 19.2 Å². The number of methoxy groups -OCH3 is 1. The number of carbonyl (C=O) groups is 1. The summed E-state index contributed by atoms with van der Waals surface area (Å²) in [6.45, 7) is 4.50. The van der Waals surface area contributed by atoms with Crippen LogP contribution in [-0.4, -0.2) is 71.8 Å². The Morgan fingerprint density at radius 3 is 2.61 bits per heavy atom. The number of nitrogens with one attached hydrogen (secondary N) is 2. The molecule has 33 heavy (non-hydrogen) atoms. The largest absolute Gasteiger partial charge is 0.495 e. The number of carbonyl (C=O) groups excluding carboxylic acids is 1. The lowest BCUT2D eigenvalue weighted by Crippen LogP contribution is -2.48. The van der Waals surface area contributed by atoms with Crippen LogP contribution in [0.2, 0.25) is 5.02 Å². The van der Waals surface area contributed by atoms with E-state index in [-0.39, 0.29) is 28.0 Å². The van der Waals surface area contributed by atoms with Crippen molar-refractivity contribution in [2.45, 2.75) is 23.8 Å². The predicted octanol–water partition coefficient (Wildman–Crippen LogP) is 2.08. The van der Waals surface area contributed by atoms with Gasteiger partial charge in [-0.1, -0.05) is 41.9 Å². The van der Waals surface area contributed by atoms with Crippen LogP contribution in [0.25, 0.3) is 0 Å². The molecule has 2 aromatic rings. The number of rotatable bonds is 11. The molecular formula is C23H30ClN3O5S. The van der Waals surface area contributed by atoms with Gasteiger partial charge in [0.25, 0.3) is 0 Å². The van der Waals surface area contributed by atoms with Crippen molar-refractivity contribution in [3.05, 3.63) is 59.1 Å². The molecule has 1 atom stereocenters. The van der Waals surface area contributed by atoms with Crippen LogP contribution in [0, 0.1) is 0 Å². The maximum absolute atomic E-state index is 13.2. The van der Waals surface area contributed by atoms with Gasteiger partial charge < -0.3 is 14.8 Å². The van der Waals surface area contributed by atoms with Crippen molar-refractivity contribution in [2.24, 2.45) is 0 Å². The minimum atomic E-state index is -4.08. The third-order valence-corrected chi connectivity index (χ3v) is 7.09. The second-order valence-electron chi connectivity index (χ2n) is 7.76. The number of amides is 1. The average molecular weight is 496 g/mol. The fourth-order valence-electron chi connectivity index (χ4n) is 3.61. The first-order valence-electron chi connectivity index (χ1n) is 10.9. The summed E-state index contributed by atoms with van der Waals surface area (Å²) in [5.74, 6) is -0.235. The highest BCUT2D eigenvalue weighted by Crippen LogP contribution is 2.27. The highest BCUT2D eigenvalue weighted by molar-refractivity contribution is 7.89. The van der Waals surface area contributed by atoms with Gasteiger partial charge in [0.15, 0.2) is 0 Å². The van der Waals surface area contributed by atoms with Crippen LogP contribution in [0.5, 0.6) is 5.75 Å². The number of morpholine rings is 1. The summed E-state index contributed by atoms with van der Waals surface area (Å²) >= 11 is 6.02. The number of hydrogen-bond donors (Lipinski definition) is 2. The summed E-state index contributed by atoms with van der Waals surface area (Å²) in [7, 11) is -2.70. The highest BCUT2D eigenvalue weighted by Gasteiger charge is 2.28. The molecule has 1 aliphatic rings. The lowest BCUT2D eigenvalue weighted by atomic mass is 10.1. The molecule has 1 aliphatic heterocycles. The maximum Gasteiger partial charge on any atom is 0.245 e. The summed E-state index contributed by atoms with van der Waals surface area (Å²) in [6.07, 6.45) is 0.969. The molecule has 2 aromatic carbocycles. The van der Waals surface area contributed by atoms with Crippen molar-refractivity contribution >= 4 is 27.5 Å². The number of halogens is 1. The Labute approximate surface area is 200 Å². The van der Waals surface area contributed by atoms with Crippen molar-refractivity contribution in [3.8, 4) is 5.75 Å². The second-order valence-corrected chi connectivity index (χ2v) is 9.88. The molecule has 1 saturated heterocycles. The van der Waals surface area contributed by atoms with Crippen LogP contribution in [0.4, 0.5) is 0 Å². The van der Waals surface area contributed by atoms with E-state index >= 15 is 0 Å². The van der Waals surface area contributed by atoms with Gasteiger partial charge in [-0.2, -0.15) is 4.72 Å². The number of ether oxygens (including phenoxy) is 2. The zero-order valence-electron chi connectivity index (χ0n) is 18.6. The number of nitrogens with zero attached hydrogens (tertiary/aromatic N) is 1. The van der Waals surface area contributed by atoms with Gasteiger partial charge in [-0.05, 0) is 43.1 Å². The van der Waals surface area contributed by atoms with E-state index in [1.807, 2.05) is 30.3 Å². The van der Waals surface area contributed by atoms with Crippen molar-refractivity contribution in [3.63, 3.8) is 0 Å². The quantitative estimate of drug-likeness (QED) is 0.463. The normalized spacial score (nSPS) is 15.7. The van der Waals surface area contributed by atoms with Crippen molar-refractivity contribution in [1.29, 1.82) is 0 Å². The first-order chi connectivity index (χ1) is 15.9. The van der Waals surface area contributed by atoms with Crippen LogP contribution in [0.1, 0.15) is 12.0 Å². The van der Waals surface area contributed by atoms with E-state index in [0.29, 0.717) is 6.54 Å². The Morgan fingerprint density at radius 1 is 1.18 bits per heavy atom. The van der Waals surface area contributed by atoms with Gasteiger partial charge in [0.05, 0.1) is 20.3 Å². The molecule has 3 rings (SSSR count). The molecule has 1 fully saturated rings. The lowest BCUT2D eigenvalue weighted by Gasteiger charge is -2.26. The molecule has 0 aliphatic carbocycles. The summed E-state index contributed by atoms with van der Waals surface area (Å²) in [6, 6.07) is 12.6. The van der Waals surface area contributed by atoms with Gasteiger partial charge in [-0.3, -0.25) is 9.69 Å². The third kappa shape index (κ3) is 7.68. The van der Waals surface area contributed by atoms with Crippen LogP contribution in [-0.2, 0) is 26.0 Å². The zero-order valence-corrected chi connectivity index (χ0v) is 20.2. The fourth-order valence-corrected chi connectivity index (χ4v) is 5.24. The average Bonchev–Trinajstić information content (AvgIpc) is 2.82. The van der Waals surface area contributed by atoms with Crippen molar-refractivity contribution in [1.82, 2.24) is 14.9 Å². The van der Waals surface area contributed by atoms with E-state index in [4.69, 9.17) is 21.1 Å². The Balaban J connectivity index is 1.69. The lowest BCUT2D eigenvalue weighted by molar-refractivity contribution is -0.122. The first kappa shape index (κ1) is 25.5. The molecule has 2 N–H and O–H groups in total. The van der Waals surface area contributed by atoms with E-state index in [2.05, 4.69) is 14.9 Å². The zero-order chi connectivity index (χ0) is 23.7. The van der Waals surface area contributed by atoms with Crippen molar-refractivity contribution in [2.75, 3.05) is 46.5 Å². The van der Waals surface area contributed by atoms with E-state index < -0.39 is 16.1 Å². The van der Waals surface area contributed by atoms with Crippen molar-refractivity contribution < 1.29 is 22.7 Å². The molecule has 0 bridgehead atoms. The Bertz CT molecular complexity index is 1010. The molecule has 8 nitrogen and oxygen atoms in total. The highest BCUT2D eigenvalue weighted by atomic mass is 35.5. The molecule has 0 unspecified atom stereocenters. The maximum atomic E-state index is 13.2. The molecule has 0 radical (unpaired) electrons. The molecule has 0 spiro atoms.